The summed E-state index contributed by atoms with van der Waals surface area (Å²) < 4.78 is 5.12. The second-order valence-corrected chi connectivity index (χ2v) is 5.61. The molecule has 3 rings (SSSR count). The van der Waals surface area contributed by atoms with Crippen molar-refractivity contribution < 1.29 is 19.1 Å². The van der Waals surface area contributed by atoms with Crippen LogP contribution in [-0.2, 0) is 19.1 Å². The van der Waals surface area contributed by atoms with Crippen LogP contribution >= 0.6 is 0 Å². The van der Waals surface area contributed by atoms with E-state index in [1.54, 1.807) is 6.08 Å². The summed E-state index contributed by atoms with van der Waals surface area (Å²) in [5.74, 6) is -1.22. The van der Waals surface area contributed by atoms with E-state index in [1.165, 1.54) is 0 Å². The second-order valence-electron chi connectivity index (χ2n) is 5.61. The molecule has 1 unspecified atom stereocenters. The van der Waals surface area contributed by atoms with Crippen LogP contribution in [0.2, 0.25) is 0 Å². The lowest BCUT2D eigenvalue weighted by molar-refractivity contribution is -0.145. The molecule has 3 aliphatic rings. The number of fused-ring (bicyclic) bond motifs is 5. The van der Waals surface area contributed by atoms with Crippen molar-refractivity contribution in [3.8, 4) is 0 Å². The topological polar surface area (TPSA) is 72.5 Å². The number of esters is 1. The van der Waals surface area contributed by atoms with Crippen LogP contribution in [-0.4, -0.2) is 24.4 Å². The van der Waals surface area contributed by atoms with Gasteiger partial charge in [0.2, 0.25) is 11.8 Å². The van der Waals surface area contributed by atoms with Gasteiger partial charge in [-0.2, -0.15) is 0 Å². The molecule has 1 heterocycles. The van der Waals surface area contributed by atoms with E-state index in [9.17, 15) is 14.4 Å². The van der Waals surface area contributed by atoms with E-state index >= 15 is 0 Å². The van der Waals surface area contributed by atoms with Crippen LogP contribution in [0.15, 0.2) is 24.8 Å². The quantitative estimate of drug-likeness (QED) is 0.349. The lowest BCUT2D eigenvalue weighted by atomic mass is 9.85. The number of amides is 2. The van der Waals surface area contributed by atoms with Gasteiger partial charge < -0.3 is 4.74 Å². The summed E-state index contributed by atoms with van der Waals surface area (Å²) in [5, 5.41) is 2.39. The van der Waals surface area contributed by atoms with Gasteiger partial charge in [-0.05, 0) is 24.2 Å². The normalized spacial score (nSPS) is 36.9. The van der Waals surface area contributed by atoms with Crippen molar-refractivity contribution in [2.45, 2.75) is 12.8 Å². The first kappa shape index (κ1) is 13.1. The summed E-state index contributed by atoms with van der Waals surface area (Å²) in [5.41, 5.74) is 0. The van der Waals surface area contributed by atoms with E-state index in [4.69, 9.17) is 4.74 Å². The molecule has 5 atom stereocenters. The number of hydrogen-bond donors (Lipinski definition) is 1. The maximum Gasteiger partial charge on any atom is 0.306 e. The van der Waals surface area contributed by atoms with E-state index in [0.717, 1.165) is 0 Å². The molecule has 0 aromatic carbocycles. The molecule has 0 spiro atoms. The number of nitrogens with one attached hydrogen (secondary N) is 1. The van der Waals surface area contributed by atoms with Crippen LogP contribution in [0.5, 0.6) is 0 Å². The molecule has 0 aromatic rings. The Bertz CT molecular complexity index is 480. The van der Waals surface area contributed by atoms with Gasteiger partial charge in [-0.3, -0.25) is 19.7 Å². The van der Waals surface area contributed by atoms with Crippen molar-refractivity contribution in [1.29, 1.82) is 0 Å². The Hall–Kier alpha value is -1.91. The fourth-order valence-corrected chi connectivity index (χ4v) is 3.79. The molecule has 2 bridgehead atoms. The Balaban J connectivity index is 1.66. The number of imide groups is 1. The van der Waals surface area contributed by atoms with E-state index < -0.39 is 0 Å². The zero-order valence-corrected chi connectivity index (χ0v) is 11.1. The first-order valence-electron chi connectivity index (χ1n) is 6.93. The number of allylic oxidation sites excluding steroid dienone is 2. The van der Waals surface area contributed by atoms with Crippen LogP contribution < -0.4 is 5.32 Å². The molecule has 5 nitrogen and oxygen atoms in total. The molecule has 1 saturated heterocycles. The largest absolute Gasteiger partial charge is 0.465 e. The highest BCUT2D eigenvalue weighted by atomic mass is 16.5. The predicted octanol–water partition coefficient (Wildman–Crippen LogP) is 0.817. The number of rotatable bonds is 5. The summed E-state index contributed by atoms with van der Waals surface area (Å²) in [7, 11) is 0. The minimum Gasteiger partial charge on any atom is -0.465 e. The summed E-state index contributed by atoms with van der Waals surface area (Å²) in [6, 6.07) is 0. The summed E-state index contributed by atoms with van der Waals surface area (Å²) in [6.45, 7) is 3.90. The third-order valence-corrected chi connectivity index (χ3v) is 4.60. The monoisotopic (exact) mass is 275 g/mol. The Morgan fingerprint density at radius 3 is 2.40 bits per heavy atom. The maximum atomic E-state index is 11.8. The van der Waals surface area contributed by atoms with Crippen molar-refractivity contribution in [3.63, 3.8) is 0 Å². The Labute approximate surface area is 117 Å². The van der Waals surface area contributed by atoms with Gasteiger partial charge in [0, 0.05) is 6.42 Å². The van der Waals surface area contributed by atoms with Gasteiger partial charge in [-0.25, -0.2) is 0 Å². The van der Waals surface area contributed by atoms with Crippen molar-refractivity contribution >= 4 is 17.8 Å². The van der Waals surface area contributed by atoms with E-state index in [-0.39, 0.29) is 53.8 Å². The minimum absolute atomic E-state index is 0.0107. The van der Waals surface area contributed by atoms with Gasteiger partial charge in [-0.15, -0.1) is 6.58 Å². The fraction of sp³-hybridized carbons (Fsp3) is 0.533. The molecule has 2 fully saturated rings. The highest BCUT2D eigenvalue weighted by Crippen LogP contribution is 2.55. The Kier molecular flexibility index (Phi) is 3.20. The number of ether oxygens (including phenoxy) is 1. The summed E-state index contributed by atoms with van der Waals surface area (Å²) >= 11 is 0. The van der Waals surface area contributed by atoms with Crippen molar-refractivity contribution in [1.82, 2.24) is 5.32 Å². The van der Waals surface area contributed by atoms with Gasteiger partial charge in [0.05, 0.1) is 18.4 Å². The standard InChI is InChI=1S/C15H17NO4/c1-2-3-6-20-11(17)7-10-8-4-5-9(10)13-12(8)14(18)16-15(13)19/h2,4-5,8-10,12-13H,1,3,6-7H2,(H,16,18,19)/t8-,9+,10?,12-,13+. The third-order valence-electron chi connectivity index (χ3n) is 4.60. The molecule has 5 heteroatoms. The lowest BCUT2D eigenvalue weighted by Crippen LogP contribution is -2.29. The molecule has 1 aliphatic heterocycles. The van der Waals surface area contributed by atoms with Crippen LogP contribution in [0.4, 0.5) is 0 Å². The molecule has 1 saturated carbocycles. The zero-order valence-electron chi connectivity index (χ0n) is 11.1. The fourth-order valence-electron chi connectivity index (χ4n) is 3.79. The van der Waals surface area contributed by atoms with Crippen LogP contribution in [0.25, 0.3) is 0 Å². The first-order valence-corrected chi connectivity index (χ1v) is 6.93. The minimum atomic E-state index is -0.288. The number of carbonyl (C=O) groups excluding carboxylic acids is 3. The first-order chi connectivity index (χ1) is 9.63. The number of hydrogen-bond acceptors (Lipinski definition) is 4. The van der Waals surface area contributed by atoms with E-state index in [1.807, 2.05) is 12.2 Å². The van der Waals surface area contributed by atoms with Crippen molar-refractivity contribution in [2.24, 2.45) is 29.6 Å². The van der Waals surface area contributed by atoms with Crippen LogP contribution in [0.1, 0.15) is 12.8 Å². The molecular weight excluding hydrogens is 258 g/mol. The molecule has 0 aromatic heterocycles. The average Bonchev–Trinajstić information content (AvgIpc) is 3.02. The van der Waals surface area contributed by atoms with Crippen LogP contribution in [0, 0.1) is 29.6 Å². The van der Waals surface area contributed by atoms with Gasteiger partial charge >= 0.3 is 5.97 Å². The van der Waals surface area contributed by atoms with E-state index in [0.29, 0.717) is 13.0 Å². The SMILES string of the molecule is C=CCCOC(=O)CC1[C@H]2C=C[C@@H]1[C@@H]1C(=O)NC(=O)[C@@H]12. The molecule has 0 radical (unpaired) electrons. The molecule has 106 valence electrons. The molecule has 2 amide bonds. The summed E-state index contributed by atoms with van der Waals surface area (Å²) in [6.07, 6.45) is 6.56. The Morgan fingerprint density at radius 2 is 1.85 bits per heavy atom. The van der Waals surface area contributed by atoms with Gasteiger partial charge in [0.15, 0.2) is 0 Å². The maximum absolute atomic E-state index is 11.8. The predicted molar refractivity (Wildman–Crippen MR) is 70.1 cm³/mol. The summed E-state index contributed by atoms with van der Waals surface area (Å²) in [4.78, 5) is 35.4. The average molecular weight is 275 g/mol. The number of carbonyl (C=O) groups is 3. The molecule has 20 heavy (non-hydrogen) atoms. The molecular formula is C15H17NO4. The highest BCUT2D eigenvalue weighted by molar-refractivity contribution is 6.06. The lowest BCUT2D eigenvalue weighted by Gasteiger charge is -2.17. The molecule has 2 aliphatic carbocycles. The third kappa shape index (κ3) is 1.88. The second kappa shape index (κ2) is 4.89. The Morgan fingerprint density at radius 1 is 1.25 bits per heavy atom. The van der Waals surface area contributed by atoms with Crippen molar-refractivity contribution in [2.75, 3.05) is 6.61 Å². The highest BCUT2D eigenvalue weighted by Gasteiger charge is 2.60. The zero-order chi connectivity index (χ0) is 14.3. The van der Waals surface area contributed by atoms with E-state index in [2.05, 4.69) is 11.9 Å². The van der Waals surface area contributed by atoms with Crippen molar-refractivity contribution in [3.05, 3.63) is 24.8 Å². The van der Waals surface area contributed by atoms with Gasteiger partial charge in [-0.1, -0.05) is 18.2 Å². The van der Waals surface area contributed by atoms with Gasteiger partial charge in [0.1, 0.15) is 0 Å². The molecule has 1 N–H and O–H groups in total. The van der Waals surface area contributed by atoms with Gasteiger partial charge in [0.25, 0.3) is 0 Å². The van der Waals surface area contributed by atoms with Crippen LogP contribution in [0.3, 0.4) is 0 Å². The smallest absolute Gasteiger partial charge is 0.306 e.